The Kier molecular flexibility index (Phi) is 4.36. The molecule has 21 heavy (non-hydrogen) atoms. The van der Waals surface area contributed by atoms with E-state index in [2.05, 4.69) is 33.1 Å². The summed E-state index contributed by atoms with van der Waals surface area (Å²) in [5, 5.41) is 4.39. The molecular formula is C15H23N5O. The van der Waals surface area contributed by atoms with E-state index in [4.69, 9.17) is 4.74 Å². The molecule has 1 aliphatic heterocycles. The van der Waals surface area contributed by atoms with E-state index in [0.717, 1.165) is 50.7 Å². The number of rotatable bonds is 5. The molecule has 1 saturated heterocycles. The third-order valence-electron chi connectivity index (χ3n) is 3.72. The summed E-state index contributed by atoms with van der Waals surface area (Å²) >= 11 is 0. The average Bonchev–Trinajstić information content (AvgIpc) is 3.09. The smallest absolute Gasteiger partial charge is 0.136 e. The largest absolute Gasteiger partial charge is 0.368 e. The highest BCUT2D eigenvalue weighted by atomic mass is 16.5. The van der Waals surface area contributed by atoms with E-state index < -0.39 is 0 Å². The Morgan fingerprint density at radius 3 is 3.10 bits per heavy atom. The zero-order valence-corrected chi connectivity index (χ0v) is 12.7. The highest BCUT2D eigenvalue weighted by Gasteiger charge is 2.24. The van der Waals surface area contributed by atoms with Gasteiger partial charge in [0.05, 0.1) is 12.8 Å². The molecular weight excluding hydrogens is 266 g/mol. The number of ether oxygens (including phenoxy) is 1. The van der Waals surface area contributed by atoms with Gasteiger partial charge in [-0.1, -0.05) is 6.92 Å². The van der Waals surface area contributed by atoms with E-state index in [1.54, 1.807) is 0 Å². The van der Waals surface area contributed by atoms with Gasteiger partial charge in [-0.15, -0.1) is 0 Å². The van der Waals surface area contributed by atoms with Crippen molar-refractivity contribution in [2.75, 3.05) is 19.7 Å². The molecule has 1 N–H and O–H groups in total. The summed E-state index contributed by atoms with van der Waals surface area (Å²) in [6, 6.07) is 0. The monoisotopic (exact) mass is 289 g/mol. The van der Waals surface area contributed by atoms with Crippen molar-refractivity contribution in [3.05, 3.63) is 35.7 Å². The molecule has 3 heterocycles. The van der Waals surface area contributed by atoms with Crippen LogP contribution in [0.3, 0.4) is 0 Å². The lowest BCUT2D eigenvalue weighted by atomic mass is 10.2. The fraction of sp³-hybridized carbons (Fsp3) is 0.600. The van der Waals surface area contributed by atoms with E-state index in [0.29, 0.717) is 0 Å². The summed E-state index contributed by atoms with van der Waals surface area (Å²) in [4.78, 5) is 10.1. The Morgan fingerprint density at radius 1 is 1.43 bits per heavy atom. The molecule has 0 radical (unpaired) electrons. The van der Waals surface area contributed by atoms with Crippen molar-refractivity contribution in [2.24, 2.45) is 0 Å². The summed E-state index contributed by atoms with van der Waals surface area (Å²) < 4.78 is 7.85. The van der Waals surface area contributed by atoms with Crippen LogP contribution in [0.2, 0.25) is 0 Å². The molecule has 1 fully saturated rings. The number of nitrogens with one attached hydrogen (secondary N) is 1. The second-order valence-electron chi connectivity index (χ2n) is 5.66. The molecule has 2 aromatic heterocycles. The van der Waals surface area contributed by atoms with Crippen LogP contribution in [-0.2, 0) is 17.8 Å². The van der Waals surface area contributed by atoms with Crippen LogP contribution in [0.25, 0.3) is 0 Å². The van der Waals surface area contributed by atoms with Gasteiger partial charge in [0.2, 0.25) is 0 Å². The Bertz CT molecular complexity index is 576. The van der Waals surface area contributed by atoms with Gasteiger partial charge in [-0.05, 0) is 13.3 Å². The van der Waals surface area contributed by atoms with Gasteiger partial charge in [0.1, 0.15) is 11.9 Å². The summed E-state index contributed by atoms with van der Waals surface area (Å²) in [5.74, 6) is 0.930. The highest BCUT2D eigenvalue weighted by molar-refractivity contribution is 5.06. The molecule has 3 rings (SSSR count). The van der Waals surface area contributed by atoms with Gasteiger partial charge >= 0.3 is 0 Å². The molecule has 1 aliphatic rings. The number of hydrogen-bond acceptors (Lipinski definition) is 4. The number of aryl methyl sites for hydroxylation is 2. The Balaban J connectivity index is 1.60. The van der Waals surface area contributed by atoms with E-state index in [9.17, 15) is 0 Å². The molecule has 114 valence electrons. The molecule has 6 nitrogen and oxygen atoms in total. The third kappa shape index (κ3) is 3.51. The van der Waals surface area contributed by atoms with Crippen molar-refractivity contribution in [2.45, 2.75) is 39.5 Å². The fourth-order valence-electron chi connectivity index (χ4n) is 2.71. The van der Waals surface area contributed by atoms with Crippen LogP contribution in [0.5, 0.6) is 0 Å². The van der Waals surface area contributed by atoms with Gasteiger partial charge in [-0.25, -0.2) is 4.98 Å². The second kappa shape index (κ2) is 6.41. The number of aromatic amines is 1. The minimum absolute atomic E-state index is 0.0399. The maximum atomic E-state index is 5.83. The van der Waals surface area contributed by atoms with Crippen molar-refractivity contribution in [3.8, 4) is 0 Å². The van der Waals surface area contributed by atoms with E-state index in [1.807, 2.05) is 24.0 Å². The number of aromatic nitrogens is 4. The lowest BCUT2D eigenvalue weighted by Gasteiger charge is -2.31. The molecule has 0 aliphatic carbocycles. The van der Waals surface area contributed by atoms with Crippen molar-refractivity contribution in [1.82, 2.24) is 24.6 Å². The zero-order chi connectivity index (χ0) is 14.7. The molecule has 6 heteroatoms. The Hall–Kier alpha value is -1.66. The number of hydrogen-bond donors (Lipinski definition) is 1. The fourth-order valence-corrected chi connectivity index (χ4v) is 2.71. The van der Waals surface area contributed by atoms with Crippen molar-refractivity contribution >= 4 is 0 Å². The summed E-state index contributed by atoms with van der Waals surface area (Å²) in [7, 11) is 0. The number of morpholine rings is 1. The zero-order valence-electron chi connectivity index (χ0n) is 12.7. The highest BCUT2D eigenvalue weighted by Crippen LogP contribution is 2.21. The third-order valence-corrected chi connectivity index (χ3v) is 3.72. The Morgan fingerprint density at radius 2 is 2.33 bits per heavy atom. The first-order chi connectivity index (χ1) is 10.2. The van der Waals surface area contributed by atoms with Gasteiger partial charge in [-0.3, -0.25) is 9.58 Å². The van der Waals surface area contributed by atoms with Crippen LogP contribution in [0.1, 0.15) is 36.5 Å². The molecule has 0 bridgehead atoms. The molecule has 1 unspecified atom stereocenters. The first-order valence-corrected chi connectivity index (χ1v) is 7.61. The first-order valence-electron chi connectivity index (χ1n) is 7.61. The van der Waals surface area contributed by atoms with Crippen LogP contribution >= 0.6 is 0 Å². The van der Waals surface area contributed by atoms with Crippen LogP contribution in [0.15, 0.2) is 18.6 Å². The van der Waals surface area contributed by atoms with Gasteiger partial charge in [0.25, 0.3) is 0 Å². The lowest BCUT2D eigenvalue weighted by molar-refractivity contribution is -0.0368. The van der Waals surface area contributed by atoms with Gasteiger partial charge in [0.15, 0.2) is 0 Å². The van der Waals surface area contributed by atoms with E-state index in [-0.39, 0.29) is 6.10 Å². The predicted molar refractivity (Wildman–Crippen MR) is 79.8 cm³/mol. The van der Waals surface area contributed by atoms with Crippen LogP contribution in [0.4, 0.5) is 0 Å². The number of imidazole rings is 1. The Labute approximate surface area is 125 Å². The predicted octanol–water partition coefficient (Wildman–Crippen LogP) is 1.90. The van der Waals surface area contributed by atoms with Gasteiger partial charge in [0, 0.05) is 49.8 Å². The standard InChI is InChI=1S/C15H23N5O/c1-3-4-20-10-13(8-17-20)9-19-5-6-21-14(11-19)15-16-7-12(2)18-15/h7-8,10,14H,3-6,9,11H2,1-2H3,(H,16,18). The molecule has 0 aromatic carbocycles. The summed E-state index contributed by atoms with van der Waals surface area (Å²) in [6.07, 6.45) is 7.12. The van der Waals surface area contributed by atoms with Crippen molar-refractivity contribution in [3.63, 3.8) is 0 Å². The number of nitrogens with zero attached hydrogens (tertiary/aromatic N) is 4. The van der Waals surface area contributed by atoms with E-state index in [1.165, 1.54) is 5.56 Å². The average molecular weight is 289 g/mol. The van der Waals surface area contributed by atoms with Crippen LogP contribution in [0, 0.1) is 6.92 Å². The van der Waals surface area contributed by atoms with Gasteiger partial charge < -0.3 is 9.72 Å². The lowest BCUT2D eigenvalue weighted by Crippen LogP contribution is -2.38. The topological polar surface area (TPSA) is 59.0 Å². The van der Waals surface area contributed by atoms with Crippen molar-refractivity contribution < 1.29 is 4.74 Å². The first kappa shape index (κ1) is 14.3. The minimum Gasteiger partial charge on any atom is -0.368 e. The quantitative estimate of drug-likeness (QED) is 0.913. The molecule has 0 amide bonds. The molecule has 1 atom stereocenters. The molecule has 2 aromatic rings. The van der Waals surface area contributed by atoms with Gasteiger partial charge in [-0.2, -0.15) is 5.10 Å². The second-order valence-corrected chi connectivity index (χ2v) is 5.66. The van der Waals surface area contributed by atoms with Crippen LogP contribution in [-0.4, -0.2) is 44.3 Å². The van der Waals surface area contributed by atoms with Crippen molar-refractivity contribution in [1.29, 1.82) is 0 Å². The van der Waals surface area contributed by atoms with Crippen LogP contribution < -0.4 is 0 Å². The summed E-state index contributed by atoms with van der Waals surface area (Å²) in [6.45, 7) is 8.65. The maximum absolute atomic E-state index is 5.83. The molecule has 0 saturated carbocycles. The summed E-state index contributed by atoms with van der Waals surface area (Å²) in [5.41, 5.74) is 2.34. The normalized spacial score (nSPS) is 20.0. The number of H-pyrrole nitrogens is 1. The SMILES string of the molecule is CCCn1cc(CN2CCOC(c3ncc(C)[nH]3)C2)cn1. The minimum atomic E-state index is 0.0399. The maximum Gasteiger partial charge on any atom is 0.136 e. The molecule has 0 spiro atoms. The van der Waals surface area contributed by atoms with E-state index >= 15 is 0 Å².